The first kappa shape index (κ1) is 15.3. The molecule has 0 spiro atoms. The molecule has 0 fully saturated rings. The summed E-state index contributed by atoms with van der Waals surface area (Å²) in [5.74, 6) is 0.969. The van der Waals surface area contributed by atoms with Gasteiger partial charge in [0.1, 0.15) is 0 Å². The van der Waals surface area contributed by atoms with Crippen LogP contribution in [0.15, 0.2) is 18.2 Å². The fraction of sp³-hybridized carbons (Fsp3) is 0.500. The molecule has 5 nitrogen and oxygen atoms in total. The van der Waals surface area contributed by atoms with Crippen molar-refractivity contribution in [1.29, 1.82) is 0 Å². The SMILES string of the molecule is CCN(CCCN)C(=O)c1cccc(OC)c1OC. The second kappa shape index (κ2) is 7.63. The molecule has 0 atom stereocenters. The smallest absolute Gasteiger partial charge is 0.257 e. The molecule has 0 heterocycles. The van der Waals surface area contributed by atoms with Crippen molar-refractivity contribution < 1.29 is 14.3 Å². The van der Waals surface area contributed by atoms with Gasteiger partial charge in [0.25, 0.3) is 5.91 Å². The Morgan fingerprint density at radius 3 is 2.58 bits per heavy atom. The summed E-state index contributed by atoms with van der Waals surface area (Å²) < 4.78 is 10.5. The maximum Gasteiger partial charge on any atom is 0.257 e. The molecule has 0 bridgehead atoms. The van der Waals surface area contributed by atoms with Crippen molar-refractivity contribution in [3.8, 4) is 11.5 Å². The monoisotopic (exact) mass is 266 g/mol. The molecule has 19 heavy (non-hydrogen) atoms. The van der Waals surface area contributed by atoms with E-state index < -0.39 is 0 Å². The minimum absolute atomic E-state index is 0.0632. The first-order chi connectivity index (χ1) is 9.19. The number of carbonyl (C=O) groups is 1. The summed E-state index contributed by atoms with van der Waals surface area (Å²) >= 11 is 0. The number of para-hydroxylation sites is 1. The van der Waals surface area contributed by atoms with Crippen molar-refractivity contribution in [3.05, 3.63) is 23.8 Å². The fourth-order valence-corrected chi connectivity index (χ4v) is 1.91. The Morgan fingerprint density at radius 2 is 2.05 bits per heavy atom. The van der Waals surface area contributed by atoms with Gasteiger partial charge < -0.3 is 20.1 Å². The van der Waals surface area contributed by atoms with Crippen molar-refractivity contribution in [2.45, 2.75) is 13.3 Å². The number of hydrogen-bond donors (Lipinski definition) is 1. The Kier molecular flexibility index (Phi) is 6.15. The van der Waals surface area contributed by atoms with Crippen LogP contribution in [-0.2, 0) is 0 Å². The lowest BCUT2D eigenvalue weighted by Gasteiger charge is -2.22. The highest BCUT2D eigenvalue weighted by molar-refractivity contribution is 5.97. The van der Waals surface area contributed by atoms with E-state index in [2.05, 4.69) is 0 Å². The summed E-state index contributed by atoms with van der Waals surface area (Å²) in [7, 11) is 3.09. The van der Waals surface area contributed by atoms with Crippen LogP contribution in [0.3, 0.4) is 0 Å². The Bertz CT molecular complexity index is 421. The van der Waals surface area contributed by atoms with Crippen molar-refractivity contribution in [2.24, 2.45) is 5.73 Å². The van der Waals surface area contributed by atoms with Gasteiger partial charge in [0.2, 0.25) is 0 Å². The number of ether oxygens (including phenoxy) is 2. The van der Waals surface area contributed by atoms with E-state index in [1.54, 1.807) is 30.2 Å². The van der Waals surface area contributed by atoms with Crippen LogP contribution < -0.4 is 15.2 Å². The summed E-state index contributed by atoms with van der Waals surface area (Å²) in [6, 6.07) is 5.30. The van der Waals surface area contributed by atoms with E-state index in [0.717, 1.165) is 6.42 Å². The van der Waals surface area contributed by atoms with Gasteiger partial charge in [-0.3, -0.25) is 4.79 Å². The molecule has 1 amide bonds. The number of amides is 1. The molecule has 0 unspecified atom stereocenters. The van der Waals surface area contributed by atoms with Gasteiger partial charge in [0.05, 0.1) is 19.8 Å². The number of nitrogens with two attached hydrogens (primary N) is 1. The van der Waals surface area contributed by atoms with Gasteiger partial charge in [-0.05, 0) is 32.0 Å². The molecular formula is C14H22N2O3. The Balaban J connectivity index is 3.03. The van der Waals surface area contributed by atoms with Crippen molar-refractivity contribution in [3.63, 3.8) is 0 Å². The van der Waals surface area contributed by atoms with Gasteiger partial charge in [0, 0.05) is 13.1 Å². The quantitative estimate of drug-likeness (QED) is 0.812. The summed E-state index contributed by atoms with van der Waals surface area (Å²) in [6.07, 6.45) is 0.784. The minimum atomic E-state index is -0.0632. The molecule has 0 aromatic heterocycles. The largest absolute Gasteiger partial charge is 0.493 e. The number of rotatable bonds is 7. The zero-order chi connectivity index (χ0) is 14.3. The molecule has 0 saturated heterocycles. The van der Waals surface area contributed by atoms with E-state index in [-0.39, 0.29) is 5.91 Å². The zero-order valence-corrected chi connectivity index (χ0v) is 11.8. The lowest BCUT2D eigenvalue weighted by Crippen LogP contribution is -2.33. The van der Waals surface area contributed by atoms with E-state index >= 15 is 0 Å². The minimum Gasteiger partial charge on any atom is -0.493 e. The van der Waals surface area contributed by atoms with E-state index in [1.807, 2.05) is 6.92 Å². The van der Waals surface area contributed by atoms with Gasteiger partial charge in [0.15, 0.2) is 11.5 Å². The molecule has 0 aliphatic heterocycles. The van der Waals surface area contributed by atoms with Gasteiger partial charge in [-0.25, -0.2) is 0 Å². The van der Waals surface area contributed by atoms with Crippen LogP contribution in [-0.4, -0.2) is 44.7 Å². The van der Waals surface area contributed by atoms with Crippen LogP contribution in [0.4, 0.5) is 0 Å². The lowest BCUT2D eigenvalue weighted by atomic mass is 10.1. The molecule has 0 saturated carbocycles. The highest BCUT2D eigenvalue weighted by Gasteiger charge is 2.20. The molecule has 1 aromatic rings. The van der Waals surface area contributed by atoms with Crippen molar-refractivity contribution in [1.82, 2.24) is 4.90 Å². The predicted molar refractivity (Wildman–Crippen MR) is 74.8 cm³/mol. The maximum absolute atomic E-state index is 12.5. The van der Waals surface area contributed by atoms with Crippen molar-refractivity contribution in [2.75, 3.05) is 33.9 Å². The normalized spacial score (nSPS) is 10.1. The lowest BCUT2D eigenvalue weighted by molar-refractivity contribution is 0.0759. The van der Waals surface area contributed by atoms with Crippen LogP contribution in [0.25, 0.3) is 0 Å². The maximum atomic E-state index is 12.5. The van der Waals surface area contributed by atoms with Crippen molar-refractivity contribution >= 4 is 5.91 Å². The Hall–Kier alpha value is -1.75. The molecule has 1 rings (SSSR count). The first-order valence-electron chi connectivity index (χ1n) is 6.39. The number of methoxy groups -OCH3 is 2. The second-order valence-electron chi connectivity index (χ2n) is 4.07. The molecule has 0 aliphatic rings. The summed E-state index contributed by atoms with van der Waals surface area (Å²) in [6.45, 7) is 3.80. The Labute approximate surface area is 114 Å². The molecule has 5 heteroatoms. The van der Waals surface area contributed by atoms with Crippen LogP contribution in [0, 0.1) is 0 Å². The second-order valence-corrected chi connectivity index (χ2v) is 4.07. The summed E-state index contributed by atoms with van der Waals surface area (Å²) in [4.78, 5) is 14.2. The molecule has 0 radical (unpaired) electrons. The van der Waals surface area contributed by atoms with Gasteiger partial charge in [-0.1, -0.05) is 6.07 Å². The van der Waals surface area contributed by atoms with Gasteiger partial charge >= 0.3 is 0 Å². The predicted octanol–water partition coefficient (Wildman–Crippen LogP) is 1.51. The third kappa shape index (κ3) is 3.61. The first-order valence-corrected chi connectivity index (χ1v) is 6.39. The summed E-state index contributed by atoms with van der Waals surface area (Å²) in [5.41, 5.74) is 6.00. The number of nitrogens with zero attached hydrogens (tertiary/aromatic N) is 1. The van der Waals surface area contributed by atoms with Gasteiger partial charge in [-0.15, -0.1) is 0 Å². The van der Waals surface area contributed by atoms with Crippen LogP contribution >= 0.6 is 0 Å². The highest BCUT2D eigenvalue weighted by atomic mass is 16.5. The third-order valence-corrected chi connectivity index (χ3v) is 2.93. The number of hydrogen-bond acceptors (Lipinski definition) is 4. The molecular weight excluding hydrogens is 244 g/mol. The molecule has 0 aliphatic carbocycles. The topological polar surface area (TPSA) is 64.8 Å². The average Bonchev–Trinajstić information content (AvgIpc) is 2.46. The molecule has 1 aromatic carbocycles. The third-order valence-electron chi connectivity index (χ3n) is 2.93. The number of benzene rings is 1. The van der Waals surface area contributed by atoms with Crippen LogP contribution in [0.2, 0.25) is 0 Å². The van der Waals surface area contributed by atoms with E-state index in [4.69, 9.17) is 15.2 Å². The number of carbonyl (C=O) groups excluding carboxylic acids is 1. The molecule has 2 N–H and O–H groups in total. The molecule has 106 valence electrons. The zero-order valence-electron chi connectivity index (χ0n) is 11.8. The summed E-state index contributed by atoms with van der Waals surface area (Å²) in [5, 5.41) is 0. The average molecular weight is 266 g/mol. The van der Waals surface area contributed by atoms with E-state index in [1.165, 1.54) is 7.11 Å². The van der Waals surface area contributed by atoms with E-state index in [0.29, 0.717) is 36.7 Å². The Morgan fingerprint density at radius 1 is 1.32 bits per heavy atom. The van der Waals surface area contributed by atoms with Gasteiger partial charge in [-0.2, -0.15) is 0 Å². The standard InChI is InChI=1S/C14H22N2O3/c1-4-16(10-6-9-15)14(17)11-7-5-8-12(18-2)13(11)19-3/h5,7-8H,4,6,9-10,15H2,1-3H3. The van der Waals surface area contributed by atoms with Crippen LogP contribution in [0.5, 0.6) is 11.5 Å². The highest BCUT2D eigenvalue weighted by Crippen LogP contribution is 2.31. The fourth-order valence-electron chi connectivity index (χ4n) is 1.91. The van der Waals surface area contributed by atoms with Crippen LogP contribution in [0.1, 0.15) is 23.7 Å². The van der Waals surface area contributed by atoms with E-state index in [9.17, 15) is 4.79 Å².